The highest BCUT2D eigenvalue weighted by Gasteiger charge is 2.20. The molecule has 10 heavy (non-hydrogen) atoms. The minimum Gasteiger partial charge on any atom is -0.489 e. The number of ether oxygens (including phenoxy) is 1. The Morgan fingerprint density at radius 3 is 3.40 bits per heavy atom. The molecule has 52 valence electrons. The van der Waals surface area contributed by atoms with Crippen LogP contribution in [0.15, 0.2) is 18.5 Å². The third-order valence-electron chi connectivity index (χ3n) is 1.57. The highest BCUT2D eigenvalue weighted by atomic mass is 16.5. The molecular formula is C7H7NO2. The van der Waals surface area contributed by atoms with E-state index in [1.807, 2.05) is 0 Å². The lowest BCUT2D eigenvalue weighted by molar-refractivity contribution is 0.140. The summed E-state index contributed by atoms with van der Waals surface area (Å²) in [6.45, 7) is 0.362. The number of pyridine rings is 1. The summed E-state index contributed by atoms with van der Waals surface area (Å²) < 4.78 is 5.10. The van der Waals surface area contributed by atoms with Crippen LogP contribution in [0.4, 0.5) is 0 Å². The summed E-state index contributed by atoms with van der Waals surface area (Å²) in [5.74, 6) is 0.704. The van der Waals surface area contributed by atoms with Crippen molar-refractivity contribution in [3.63, 3.8) is 0 Å². The van der Waals surface area contributed by atoms with Gasteiger partial charge in [0.2, 0.25) is 0 Å². The summed E-state index contributed by atoms with van der Waals surface area (Å²) in [6, 6.07) is 1.77. The maximum absolute atomic E-state index is 9.23. The standard InChI is InChI=1S/C7H7NO2/c9-6-4-10-7-3-8-2-1-5(6)7/h1-3,6,9H,4H2/t6-/m1/s1. The van der Waals surface area contributed by atoms with Crippen LogP contribution in [0.2, 0.25) is 0 Å². The van der Waals surface area contributed by atoms with Crippen molar-refractivity contribution in [2.75, 3.05) is 6.61 Å². The summed E-state index contributed by atoms with van der Waals surface area (Å²) in [5.41, 5.74) is 0.843. The average molecular weight is 137 g/mol. The van der Waals surface area contributed by atoms with E-state index in [0.717, 1.165) is 5.56 Å². The highest BCUT2D eigenvalue weighted by Crippen LogP contribution is 2.30. The first kappa shape index (κ1) is 5.68. The largest absolute Gasteiger partial charge is 0.489 e. The van der Waals surface area contributed by atoms with Crippen molar-refractivity contribution in [3.8, 4) is 5.75 Å². The Balaban J connectivity index is 2.51. The van der Waals surface area contributed by atoms with Crippen molar-refractivity contribution in [2.45, 2.75) is 6.10 Å². The Kier molecular flexibility index (Phi) is 1.11. The van der Waals surface area contributed by atoms with Crippen LogP contribution in [-0.2, 0) is 0 Å². The van der Waals surface area contributed by atoms with Gasteiger partial charge in [0.15, 0.2) is 0 Å². The lowest BCUT2D eigenvalue weighted by atomic mass is 10.2. The van der Waals surface area contributed by atoms with E-state index in [0.29, 0.717) is 12.4 Å². The van der Waals surface area contributed by atoms with Crippen molar-refractivity contribution in [1.29, 1.82) is 0 Å². The molecule has 1 aliphatic heterocycles. The van der Waals surface area contributed by atoms with E-state index in [1.54, 1.807) is 18.5 Å². The van der Waals surface area contributed by atoms with E-state index in [4.69, 9.17) is 4.74 Å². The van der Waals surface area contributed by atoms with Crippen LogP contribution in [0.3, 0.4) is 0 Å². The Morgan fingerprint density at radius 1 is 1.70 bits per heavy atom. The van der Waals surface area contributed by atoms with Crippen molar-refractivity contribution in [3.05, 3.63) is 24.0 Å². The molecule has 0 fully saturated rings. The zero-order chi connectivity index (χ0) is 6.97. The molecule has 0 radical (unpaired) electrons. The van der Waals surface area contributed by atoms with Gasteiger partial charge in [-0.2, -0.15) is 0 Å². The molecule has 0 unspecified atom stereocenters. The SMILES string of the molecule is O[C@@H]1COc2cnccc21. The molecule has 2 heterocycles. The van der Waals surface area contributed by atoms with Gasteiger partial charge in [-0.15, -0.1) is 0 Å². The fourth-order valence-corrected chi connectivity index (χ4v) is 1.05. The van der Waals surface area contributed by atoms with Gasteiger partial charge in [-0.25, -0.2) is 0 Å². The van der Waals surface area contributed by atoms with Crippen LogP contribution in [0.1, 0.15) is 11.7 Å². The summed E-state index contributed by atoms with van der Waals surface area (Å²) >= 11 is 0. The summed E-state index contributed by atoms with van der Waals surface area (Å²) in [7, 11) is 0. The van der Waals surface area contributed by atoms with E-state index in [1.165, 1.54) is 0 Å². The Bertz CT molecular complexity index is 249. The molecule has 3 nitrogen and oxygen atoms in total. The number of fused-ring (bicyclic) bond motifs is 1. The summed E-state index contributed by atoms with van der Waals surface area (Å²) in [5, 5.41) is 9.23. The highest BCUT2D eigenvalue weighted by molar-refractivity contribution is 5.34. The molecule has 1 atom stereocenters. The van der Waals surface area contributed by atoms with Crippen LogP contribution in [-0.4, -0.2) is 16.7 Å². The minimum atomic E-state index is -0.460. The maximum Gasteiger partial charge on any atom is 0.143 e. The van der Waals surface area contributed by atoms with Gasteiger partial charge in [-0.1, -0.05) is 0 Å². The Morgan fingerprint density at radius 2 is 2.60 bits per heavy atom. The molecule has 0 aliphatic carbocycles. The van der Waals surface area contributed by atoms with Crippen molar-refractivity contribution >= 4 is 0 Å². The lowest BCUT2D eigenvalue weighted by Gasteiger charge is -1.95. The lowest BCUT2D eigenvalue weighted by Crippen LogP contribution is -1.97. The third-order valence-corrected chi connectivity index (χ3v) is 1.57. The van der Waals surface area contributed by atoms with Gasteiger partial charge in [0.1, 0.15) is 18.5 Å². The second-order valence-electron chi connectivity index (χ2n) is 2.24. The number of aliphatic hydroxyl groups is 1. The fraction of sp³-hybridized carbons (Fsp3) is 0.286. The molecule has 0 aromatic carbocycles. The molecule has 1 aromatic heterocycles. The van der Waals surface area contributed by atoms with E-state index in [9.17, 15) is 5.11 Å². The van der Waals surface area contributed by atoms with Crippen LogP contribution in [0.25, 0.3) is 0 Å². The first-order valence-electron chi connectivity index (χ1n) is 3.13. The van der Waals surface area contributed by atoms with Crippen molar-refractivity contribution < 1.29 is 9.84 Å². The molecule has 1 N–H and O–H groups in total. The van der Waals surface area contributed by atoms with E-state index in [-0.39, 0.29) is 0 Å². The van der Waals surface area contributed by atoms with Gasteiger partial charge in [-0.05, 0) is 6.07 Å². The predicted octanol–water partition coefficient (Wildman–Crippen LogP) is 0.507. The molecule has 0 spiro atoms. The zero-order valence-corrected chi connectivity index (χ0v) is 5.32. The monoisotopic (exact) mass is 137 g/mol. The molecule has 1 aliphatic rings. The minimum absolute atomic E-state index is 0.362. The number of aromatic nitrogens is 1. The van der Waals surface area contributed by atoms with Gasteiger partial charge in [0.05, 0.1) is 6.20 Å². The number of rotatable bonds is 0. The van der Waals surface area contributed by atoms with Gasteiger partial charge < -0.3 is 9.84 Å². The van der Waals surface area contributed by atoms with Crippen molar-refractivity contribution in [2.24, 2.45) is 0 Å². The van der Waals surface area contributed by atoms with E-state index in [2.05, 4.69) is 4.98 Å². The smallest absolute Gasteiger partial charge is 0.143 e. The molecule has 2 rings (SSSR count). The normalized spacial score (nSPS) is 21.9. The molecule has 0 bridgehead atoms. The van der Waals surface area contributed by atoms with E-state index < -0.39 is 6.10 Å². The fourth-order valence-electron chi connectivity index (χ4n) is 1.05. The van der Waals surface area contributed by atoms with Crippen LogP contribution in [0.5, 0.6) is 5.75 Å². The quantitative estimate of drug-likeness (QED) is 0.566. The first-order valence-corrected chi connectivity index (χ1v) is 3.13. The van der Waals surface area contributed by atoms with Gasteiger partial charge >= 0.3 is 0 Å². The second kappa shape index (κ2) is 1.95. The van der Waals surface area contributed by atoms with E-state index >= 15 is 0 Å². The first-order chi connectivity index (χ1) is 4.88. The predicted molar refractivity (Wildman–Crippen MR) is 34.7 cm³/mol. The van der Waals surface area contributed by atoms with Crippen molar-refractivity contribution in [1.82, 2.24) is 4.98 Å². The zero-order valence-electron chi connectivity index (χ0n) is 5.32. The molecule has 0 saturated carbocycles. The number of nitrogens with zero attached hydrogens (tertiary/aromatic N) is 1. The van der Waals surface area contributed by atoms with Gasteiger partial charge in [0, 0.05) is 11.8 Å². The molecular weight excluding hydrogens is 130 g/mol. The Labute approximate surface area is 58.3 Å². The number of hydrogen-bond donors (Lipinski definition) is 1. The Hall–Kier alpha value is -1.09. The molecule has 3 heteroatoms. The third kappa shape index (κ3) is 0.675. The van der Waals surface area contributed by atoms with Crippen LogP contribution >= 0.6 is 0 Å². The molecule has 0 amide bonds. The number of hydrogen-bond acceptors (Lipinski definition) is 3. The number of aliphatic hydroxyl groups excluding tert-OH is 1. The second-order valence-corrected chi connectivity index (χ2v) is 2.24. The molecule has 0 saturated heterocycles. The average Bonchev–Trinajstić information content (AvgIpc) is 2.34. The summed E-state index contributed by atoms with van der Waals surface area (Å²) in [4.78, 5) is 3.85. The van der Waals surface area contributed by atoms with Gasteiger partial charge in [-0.3, -0.25) is 4.98 Å². The van der Waals surface area contributed by atoms with Crippen LogP contribution < -0.4 is 4.74 Å². The maximum atomic E-state index is 9.23. The van der Waals surface area contributed by atoms with Gasteiger partial charge in [0.25, 0.3) is 0 Å². The topological polar surface area (TPSA) is 42.4 Å². The van der Waals surface area contributed by atoms with Crippen LogP contribution in [0, 0.1) is 0 Å². The summed E-state index contributed by atoms with van der Waals surface area (Å²) in [6.07, 6.45) is 2.81. The molecule has 1 aromatic rings.